The molecule has 1 heterocycles. The first-order valence-corrected chi connectivity index (χ1v) is 10.2. The summed E-state index contributed by atoms with van der Waals surface area (Å²) in [6, 6.07) is 13.1. The molecule has 0 aliphatic heterocycles. The molecule has 2 N–H and O–H groups in total. The number of benzene rings is 2. The fourth-order valence-electron chi connectivity index (χ4n) is 2.64. The lowest BCUT2D eigenvalue weighted by Gasteiger charge is -2.10. The van der Waals surface area contributed by atoms with Crippen LogP contribution in [0.1, 0.15) is 17.0 Å². The number of carbonyl (C=O) groups excluding carboxylic acids is 2. The van der Waals surface area contributed by atoms with Crippen LogP contribution in [-0.4, -0.2) is 43.5 Å². The van der Waals surface area contributed by atoms with Gasteiger partial charge < -0.3 is 10.6 Å². The van der Waals surface area contributed by atoms with E-state index in [1.165, 1.54) is 11.8 Å². The number of rotatable bonds is 7. The molecule has 2 aromatic carbocycles. The van der Waals surface area contributed by atoms with Gasteiger partial charge >= 0.3 is 0 Å². The Hall–Kier alpha value is -3.20. The van der Waals surface area contributed by atoms with Crippen LogP contribution in [0.15, 0.2) is 42.5 Å². The average molecular weight is 411 g/mol. The maximum Gasteiger partial charge on any atom is 0.234 e. The Labute approximate surface area is 173 Å². The molecule has 8 nitrogen and oxygen atoms in total. The van der Waals surface area contributed by atoms with Crippen LogP contribution < -0.4 is 10.6 Å². The highest BCUT2D eigenvalue weighted by molar-refractivity contribution is 8.00. The topological polar surface area (TPSA) is 102 Å². The molecule has 0 fully saturated rings. The Morgan fingerprint density at radius 3 is 2.17 bits per heavy atom. The van der Waals surface area contributed by atoms with Crippen molar-refractivity contribution in [3.63, 3.8) is 0 Å². The molecule has 9 heteroatoms. The molecule has 3 aromatic rings. The Morgan fingerprint density at radius 1 is 0.931 bits per heavy atom. The third-order valence-electron chi connectivity index (χ3n) is 4.15. The Bertz CT molecular complexity index is 1020. The van der Waals surface area contributed by atoms with Crippen LogP contribution in [0.3, 0.4) is 0 Å². The Balaban J connectivity index is 1.50. The van der Waals surface area contributed by atoms with Gasteiger partial charge in [-0.25, -0.2) is 0 Å². The molecule has 0 saturated carbocycles. The van der Waals surface area contributed by atoms with Crippen molar-refractivity contribution < 1.29 is 9.59 Å². The molecule has 29 heavy (non-hydrogen) atoms. The number of nitrogens with one attached hydrogen (secondary N) is 2. The number of hydrogen-bond acceptors (Lipinski definition) is 6. The highest BCUT2D eigenvalue weighted by Crippen LogP contribution is 2.19. The van der Waals surface area contributed by atoms with Crippen LogP contribution >= 0.6 is 11.8 Å². The Morgan fingerprint density at radius 2 is 1.55 bits per heavy atom. The van der Waals surface area contributed by atoms with Gasteiger partial charge in [-0.1, -0.05) is 23.8 Å². The number of nitrogens with zero attached hydrogens (tertiary/aromatic N) is 4. The van der Waals surface area contributed by atoms with Crippen LogP contribution in [0.25, 0.3) is 5.69 Å². The summed E-state index contributed by atoms with van der Waals surface area (Å²) in [6.07, 6.45) is 0. The predicted molar refractivity (Wildman–Crippen MR) is 114 cm³/mol. The fraction of sp³-hybridized carbons (Fsp3) is 0.250. The second-order valence-electron chi connectivity index (χ2n) is 6.59. The van der Waals surface area contributed by atoms with Crippen molar-refractivity contribution in [1.82, 2.24) is 20.2 Å². The van der Waals surface area contributed by atoms with E-state index in [0.717, 1.165) is 22.5 Å². The zero-order valence-corrected chi connectivity index (χ0v) is 17.3. The van der Waals surface area contributed by atoms with Crippen molar-refractivity contribution in [3.05, 3.63) is 59.4 Å². The lowest BCUT2D eigenvalue weighted by atomic mass is 10.2. The number of thioether (sulfide) groups is 1. The van der Waals surface area contributed by atoms with Gasteiger partial charge in [-0.15, -0.1) is 16.9 Å². The minimum absolute atomic E-state index is 0.140. The van der Waals surface area contributed by atoms with Crippen molar-refractivity contribution in [2.24, 2.45) is 0 Å². The third kappa shape index (κ3) is 5.64. The maximum atomic E-state index is 12.2. The van der Waals surface area contributed by atoms with E-state index in [1.54, 1.807) is 4.68 Å². The first-order chi connectivity index (χ1) is 13.9. The second kappa shape index (κ2) is 9.33. The zero-order valence-electron chi connectivity index (χ0n) is 16.5. The quantitative estimate of drug-likeness (QED) is 0.621. The molecule has 0 atom stereocenters. The number of anilines is 2. The van der Waals surface area contributed by atoms with Crippen molar-refractivity contribution in [1.29, 1.82) is 0 Å². The molecule has 3 rings (SSSR count). The average Bonchev–Trinajstić information content (AvgIpc) is 3.11. The van der Waals surface area contributed by atoms with Crippen LogP contribution in [0.4, 0.5) is 11.4 Å². The largest absolute Gasteiger partial charge is 0.325 e. The summed E-state index contributed by atoms with van der Waals surface area (Å²) in [5.74, 6) is 0.713. The summed E-state index contributed by atoms with van der Waals surface area (Å²) in [5, 5.41) is 17.2. The second-order valence-corrected chi connectivity index (χ2v) is 7.58. The van der Waals surface area contributed by atoms with Gasteiger partial charge in [-0.2, -0.15) is 4.68 Å². The maximum absolute atomic E-state index is 12.2. The zero-order chi connectivity index (χ0) is 20.8. The van der Waals surface area contributed by atoms with Crippen LogP contribution in [0, 0.1) is 20.8 Å². The smallest absolute Gasteiger partial charge is 0.234 e. The number of hydrogen-bond donors (Lipinski definition) is 2. The molecule has 2 amide bonds. The number of tetrazole rings is 1. The molecule has 0 aliphatic carbocycles. The van der Waals surface area contributed by atoms with Gasteiger partial charge in [0.1, 0.15) is 0 Å². The van der Waals surface area contributed by atoms with Crippen molar-refractivity contribution >= 4 is 35.0 Å². The van der Waals surface area contributed by atoms with Crippen LogP contribution in [0.2, 0.25) is 0 Å². The monoisotopic (exact) mass is 410 g/mol. The molecular formula is C20H22N6O2S. The van der Waals surface area contributed by atoms with E-state index in [0.29, 0.717) is 11.5 Å². The molecule has 0 unspecified atom stereocenters. The standard InChI is InChI=1S/C20H22N6O2S/c1-13-4-7-16(8-5-13)21-19(27)11-29-12-20(28)22-17-9-6-14(2)18(10-17)26-15(3)23-24-25-26/h4-10H,11-12H2,1-3H3,(H,21,27)(H,22,28). The first kappa shape index (κ1) is 20.5. The molecule has 150 valence electrons. The van der Waals surface area contributed by atoms with Crippen molar-refractivity contribution in [2.45, 2.75) is 20.8 Å². The summed E-state index contributed by atoms with van der Waals surface area (Å²) in [5.41, 5.74) is 4.31. The number of carbonyl (C=O) groups is 2. The Kier molecular flexibility index (Phi) is 6.61. The molecule has 0 radical (unpaired) electrons. The predicted octanol–water partition coefficient (Wildman–Crippen LogP) is 2.90. The van der Waals surface area contributed by atoms with Gasteiger partial charge in [-0.3, -0.25) is 9.59 Å². The van der Waals surface area contributed by atoms with E-state index in [2.05, 4.69) is 26.2 Å². The molecule has 0 bridgehead atoms. The molecule has 0 spiro atoms. The van der Waals surface area contributed by atoms with Crippen LogP contribution in [0.5, 0.6) is 0 Å². The molecule has 0 aliphatic rings. The summed E-state index contributed by atoms with van der Waals surface area (Å²) < 4.78 is 1.62. The van der Waals surface area contributed by atoms with Gasteiger partial charge in [-0.05, 0) is 61.0 Å². The van der Waals surface area contributed by atoms with E-state index in [4.69, 9.17) is 0 Å². The van der Waals surface area contributed by atoms with Crippen LogP contribution in [-0.2, 0) is 9.59 Å². The normalized spacial score (nSPS) is 10.6. The van der Waals surface area contributed by atoms with E-state index in [9.17, 15) is 9.59 Å². The molecule has 0 saturated heterocycles. The third-order valence-corrected chi connectivity index (χ3v) is 5.08. The lowest BCUT2D eigenvalue weighted by molar-refractivity contribution is -0.114. The SMILES string of the molecule is Cc1ccc(NC(=O)CSCC(=O)Nc2ccc(C)c(-n3nnnc3C)c2)cc1. The van der Waals surface area contributed by atoms with E-state index in [-0.39, 0.29) is 23.3 Å². The minimum Gasteiger partial charge on any atom is -0.325 e. The summed E-state index contributed by atoms with van der Waals surface area (Å²) in [7, 11) is 0. The molecular weight excluding hydrogens is 388 g/mol. The lowest BCUT2D eigenvalue weighted by Crippen LogP contribution is -2.18. The number of aromatic nitrogens is 4. The summed E-state index contributed by atoms with van der Waals surface area (Å²) >= 11 is 1.26. The van der Waals surface area contributed by atoms with Gasteiger partial charge in [0, 0.05) is 11.4 Å². The number of amides is 2. The highest BCUT2D eigenvalue weighted by Gasteiger charge is 2.10. The summed E-state index contributed by atoms with van der Waals surface area (Å²) in [4.78, 5) is 24.2. The van der Waals surface area contributed by atoms with Crippen molar-refractivity contribution in [3.8, 4) is 5.69 Å². The van der Waals surface area contributed by atoms with Crippen molar-refractivity contribution in [2.75, 3.05) is 22.1 Å². The molecule has 1 aromatic heterocycles. The highest BCUT2D eigenvalue weighted by atomic mass is 32.2. The van der Waals surface area contributed by atoms with E-state index < -0.39 is 0 Å². The minimum atomic E-state index is -0.179. The van der Waals surface area contributed by atoms with Gasteiger partial charge in [0.25, 0.3) is 0 Å². The van der Waals surface area contributed by atoms with E-state index >= 15 is 0 Å². The van der Waals surface area contributed by atoms with Gasteiger partial charge in [0.2, 0.25) is 11.8 Å². The number of aryl methyl sites for hydroxylation is 3. The fourth-order valence-corrected chi connectivity index (χ4v) is 3.25. The van der Waals surface area contributed by atoms with Gasteiger partial charge in [0.05, 0.1) is 17.2 Å². The van der Waals surface area contributed by atoms with E-state index in [1.807, 2.05) is 63.2 Å². The first-order valence-electron chi connectivity index (χ1n) is 9.02. The summed E-state index contributed by atoms with van der Waals surface area (Å²) in [6.45, 7) is 5.74. The van der Waals surface area contributed by atoms with Gasteiger partial charge in [0.15, 0.2) is 5.82 Å².